The van der Waals surface area contributed by atoms with E-state index in [-0.39, 0.29) is 17.7 Å². The van der Waals surface area contributed by atoms with E-state index >= 15 is 0 Å². The van der Waals surface area contributed by atoms with Crippen LogP contribution in [0.1, 0.15) is 19.2 Å². The normalized spacial score (nSPS) is 18.7. The second kappa shape index (κ2) is 10.9. The zero-order valence-electron chi connectivity index (χ0n) is 21.4. The molecule has 0 aliphatic carbocycles. The van der Waals surface area contributed by atoms with Crippen LogP contribution in [0.15, 0.2) is 42.6 Å². The number of para-hydroxylation sites is 1. The van der Waals surface area contributed by atoms with Crippen LogP contribution in [0.4, 0.5) is 30.5 Å². The summed E-state index contributed by atoms with van der Waals surface area (Å²) in [6, 6.07) is 10.8. The van der Waals surface area contributed by atoms with Gasteiger partial charge in [0.15, 0.2) is 5.82 Å². The maximum atomic E-state index is 12.5. The first-order chi connectivity index (χ1) is 18.7. The molecule has 204 valence electrons. The van der Waals surface area contributed by atoms with Crippen molar-refractivity contribution in [1.82, 2.24) is 25.1 Å². The van der Waals surface area contributed by atoms with E-state index in [2.05, 4.69) is 48.7 Å². The maximum absolute atomic E-state index is 12.5. The Morgan fingerprint density at radius 3 is 2.67 bits per heavy atom. The third kappa shape index (κ3) is 6.31. The quantitative estimate of drug-likeness (QED) is 0.485. The summed E-state index contributed by atoms with van der Waals surface area (Å²) in [6.07, 6.45) is -1.71. The number of rotatable bonds is 4. The van der Waals surface area contributed by atoms with Gasteiger partial charge in [-0.3, -0.25) is 4.90 Å². The molecule has 3 aromatic rings. The van der Waals surface area contributed by atoms with Gasteiger partial charge in [0, 0.05) is 56.4 Å². The number of nitrogens with two attached hydrogens (primary N) is 1. The number of alkyl halides is 3. The third-order valence-electron chi connectivity index (χ3n) is 6.97. The smallest absolute Gasteiger partial charge is 0.401 e. The molecule has 2 saturated heterocycles. The van der Waals surface area contributed by atoms with Crippen molar-refractivity contribution < 1.29 is 18.3 Å². The second-order valence-corrected chi connectivity index (χ2v) is 9.85. The van der Waals surface area contributed by atoms with E-state index in [1.165, 1.54) is 4.90 Å². The van der Waals surface area contributed by atoms with E-state index in [1.807, 2.05) is 18.2 Å². The Morgan fingerprint density at radius 1 is 1.10 bits per heavy atom. The van der Waals surface area contributed by atoms with Crippen LogP contribution in [0.25, 0.3) is 11.3 Å². The molecular weight excluding hydrogens is 509 g/mol. The minimum absolute atomic E-state index is 0.118. The van der Waals surface area contributed by atoms with Gasteiger partial charge in [-0.25, -0.2) is 9.97 Å². The fourth-order valence-electron chi connectivity index (χ4n) is 4.89. The Balaban J connectivity index is 1.27. The highest BCUT2D eigenvalue weighted by molar-refractivity contribution is 5.74. The van der Waals surface area contributed by atoms with Gasteiger partial charge >= 0.3 is 6.18 Å². The molecule has 0 amide bonds. The summed E-state index contributed by atoms with van der Waals surface area (Å²) in [6.45, 7) is 3.87. The number of benzene rings is 1. The van der Waals surface area contributed by atoms with Crippen LogP contribution in [0.2, 0.25) is 0 Å². The first-order valence-corrected chi connectivity index (χ1v) is 12.7. The number of phenols is 1. The van der Waals surface area contributed by atoms with Crippen LogP contribution in [0.3, 0.4) is 0 Å². The molecule has 2 aliphatic rings. The summed E-state index contributed by atoms with van der Waals surface area (Å²) in [4.78, 5) is 14.6. The molecule has 39 heavy (non-hydrogen) atoms. The fourth-order valence-corrected chi connectivity index (χ4v) is 4.89. The average Bonchev–Trinajstić information content (AvgIpc) is 3.07. The van der Waals surface area contributed by atoms with Gasteiger partial charge in [0.1, 0.15) is 11.6 Å². The monoisotopic (exact) mass is 538 g/mol. The standard InChI is InChI=1S/C27H29F3N8O/c1-18-9-11-37(22-14-21(34-35-26(22)31)20-4-2-3-5-23(20)39)12-13-38(18)25-8-10-32-24(33-25)7-6-19-15-36(16-19)17-27(28,29)30/h2-5,8,10,14,18-19,39H,9,11-13,15-17H2,1H3,(H2,31,35). The summed E-state index contributed by atoms with van der Waals surface area (Å²) < 4.78 is 37.5. The van der Waals surface area contributed by atoms with Gasteiger partial charge < -0.3 is 20.6 Å². The number of phenolic OH excluding ortho intramolecular Hbond substituents is 1. The van der Waals surface area contributed by atoms with E-state index in [9.17, 15) is 18.3 Å². The van der Waals surface area contributed by atoms with Crippen molar-refractivity contribution in [3.8, 4) is 28.8 Å². The van der Waals surface area contributed by atoms with Gasteiger partial charge in [-0.1, -0.05) is 18.1 Å². The molecule has 4 heterocycles. The van der Waals surface area contributed by atoms with Crippen molar-refractivity contribution in [1.29, 1.82) is 0 Å². The Morgan fingerprint density at radius 2 is 1.90 bits per heavy atom. The lowest BCUT2D eigenvalue weighted by molar-refractivity contribution is -0.156. The Kier molecular flexibility index (Phi) is 7.43. The predicted molar refractivity (Wildman–Crippen MR) is 142 cm³/mol. The molecule has 2 aromatic heterocycles. The van der Waals surface area contributed by atoms with Crippen LogP contribution in [-0.2, 0) is 0 Å². The first-order valence-electron chi connectivity index (χ1n) is 12.7. The minimum Gasteiger partial charge on any atom is -0.507 e. The number of hydrogen-bond donors (Lipinski definition) is 2. The van der Waals surface area contributed by atoms with E-state index in [0.29, 0.717) is 49.1 Å². The van der Waals surface area contributed by atoms with Crippen molar-refractivity contribution in [2.45, 2.75) is 25.6 Å². The highest BCUT2D eigenvalue weighted by atomic mass is 19.4. The number of nitrogen functional groups attached to an aromatic ring is 1. The molecule has 2 fully saturated rings. The Hall–Kier alpha value is -4.11. The predicted octanol–water partition coefficient (Wildman–Crippen LogP) is 3.17. The molecule has 1 atom stereocenters. The number of hydrogen-bond acceptors (Lipinski definition) is 9. The molecule has 5 rings (SSSR count). The van der Waals surface area contributed by atoms with E-state index in [4.69, 9.17) is 5.73 Å². The molecular formula is C27H29F3N8O. The van der Waals surface area contributed by atoms with Gasteiger partial charge in [-0.2, -0.15) is 13.2 Å². The molecule has 0 saturated carbocycles. The van der Waals surface area contributed by atoms with Crippen molar-refractivity contribution in [2.24, 2.45) is 5.92 Å². The SMILES string of the molecule is CC1CCN(c2cc(-c3ccccc3O)nnc2N)CCN1c1ccnc(C#CC2CN(CC(F)(F)F)C2)n1. The first kappa shape index (κ1) is 26.5. The lowest BCUT2D eigenvalue weighted by atomic mass is 10.0. The molecule has 2 aliphatic heterocycles. The van der Waals surface area contributed by atoms with Gasteiger partial charge in [0.2, 0.25) is 5.82 Å². The topological polar surface area (TPSA) is 108 Å². The Labute approximate surface area is 224 Å². The lowest BCUT2D eigenvalue weighted by Gasteiger charge is -2.36. The van der Waals surface area contributed by atoms with Crippen LogP contribution >= 0.6 is 0 Å². The number of halogens is 3. The van der Waals surface area contributed by atoms with Gasteiger partial charge in [-0.05, 0) is 43.5 Å². The lowest BCUT2D eigenvalue weighted by Crippen LogP contribution is -2.49. The van der Waals surface area contributed by atoms with E-state index < -0.39 is 12.7 Å². The Bertz CT molecular complexity index is 1380. The zero-order chi connectivity index (χ0) is 27.6. The van der Waals surface area contributed by atoms with Gasteiger partial charge in [0.25, 0.3) is 0 Å². The molecule has 12 heteroatoms. The summed E-state index contributed by atoms with van der Waals surface area (Å²) in [5.41, 5.74) is 8.09. The van der Waals surface area contributed by atoms with Crippen molar-refractivity contribution in [3.63, 3.8) is 0 Å². The number of aromatic nitrogens is 4. The maximum Gasteiger partial charge on any atom is 0.401 e. The average molecular weight is 539 g/mol. The van der Waals surface area contributed by atoms with Gasteiger partial charge in [-0.15, -0.1) is 10.2 Å². The minimum atomic E-state index is -4.19. The van der Waals surface area contributed by atoms with Gasteiger partial charge in [0.05, 0.1) is 17.9 Å². The molecule has 9 nitrogen and oxygen atoms in total. The number of likely N-dealkylation sites (tertiary alicyclic amines) is 1. The molecule has 1 aromatic carbocycles. The van der Waals surface area contributed by atoms with Crippen molar-refractivity contribution in [2.75, 3.05) is 54.8 Å². The summed E-state index contributed by atoms with van der Waals surface area (Å²) >= 11 is 0. The molecule has 0 spiro atoms. The largest absolute Gasteiger partial charge is 0.507 e. The summed E-state index contributed by atoms with van der Waals surface area (Å²) in [5.74, 6) is 7.36. The second-order valence-electron chi connectivity index (χ2n) is 9.85. The summed E-state index contributed by atoms with van der Waals surface area (Å²) in [7, 11) is 0. The number of aromatic hydroxyl groups is 1. The third-order valence-corrected chi connectivity index (χ3v) is 6.97. The zero-order valence-corrected chi connectivity index (χ0v) is 21.4. The van der Waals surface area contributed by atoms with E-state index in [1.54, 1.807) is 24.4 Å². The molecule has 0 bridgehead atoms. The van der Waals surface area contributed by atoms with Crippen LogP contribution in [0, 0.1) is 17.8 Å². The highest BCUT2D eigenvalue weighted by Crippen LogP contribution is 2.32. The molecule has 3 N–H and O–H groups in total. The van der Waals surface area contributed by atoms with Crippen LogP contribution < -0.4 is 15.5 Å². The van der Waals surface area contributed by atoms with E-state index in [0.717, 1.165) is 24.5 Å². The number of nitrogens with zero attached hydrogens (tertiary/aromatic N) is 7. The molecule has 1 unspecified atom stereocenters. The summed E-state index contributed by atoms with van der Waals surface area (Å²) in [5, 5.41) is 18.6. The van der Waals surface area contributed by atoms with Crippen molar-refractivity contribution in [3.05, 3.63) is 48.4 Å². The molecule has 0 radical (unpaired) electrons. The highest BCUT2D eigenvalue weighted by Gasteiger charge is 2.36. The number of anilines is 3. The van der Waals surface area contributed by atoms with Crippen molar-refractivity contribution >= 4 is 17.3 Å². The van der Waals surface area contributed by atoms with Crippen LogP contribution in [-0.4, -0.2) is 81.7 Å². The fraction of sp³-hybridized carbons (Fsp3) is 0.407. The van der Waals surface area contributed by atoms with Crippen LogP contribution in [0.5, 0.6) is 5.75 Å².